The summed E-state index contributed by atoms with van der Waals surface area (Å²) in [4.78, 5) is 109. The number of rotatable bonds is 31. The summed E-state index contributed by atoms with van der Waals surface area (Å²) in [5.74, 6) is 0.161. The number of fused-ring (bicyclic) bond motifs is 9. The van der Waals surface area contributed by atoms with Gasteiger partial charge in [-0.05, 0) is 179 Å². The van der Waals surface area contributed by atoms with Crippen molar-refractivity contribution in [3.05, 3.63) is 148 Å². The van der Waals surface area contributed by atoms with Crippen molar-refractivity contribution in [2.24, 2.45) is 0 Å². The zero-order chi connectivity index (χ0) is 69.3. The van der Waals surface area contributed by atoms with Crippen molar-refractivity contribution in [3.63, 3.8) is 0 Å². The lowest BCUT2D eigenvalue weighted by molar-refractivity contribution is -0.122. The van der Waals surface area contributed by atoms with Crippen LogP contribution >= 0.6 is 0 Å². The molecular weight excluding hydrogens is 1220 g/mol. The number of amides is 8. The van der Waals surface area contributed by atoms with E-state index in [0.29, 0.717) is 90.4 Å². The van der Waals surface area contributed by atoms with Crippen LogP contribution in [0.25, 0.3) is 33.4 Å². The van der Waals surface area contributed by atoms with Gasteiger partial charge in [0.1, 0.15) is 6.61 Å². The van der Waals surface area contributed by atoms with Crippen LogP contribution in [0.15, 0.2) is 109 Å². The van der Waals surface area contributed by atoms with Crippen molar-refractivity contribution in [2.75, 3.05) is 59.4 Å². The van der Waals surface area contributed by atoms with E-state index in [9.17, 15) is 43.2 Å². The van der Waals surface area contributed by atoms with Crippen molar-refractivity contribution < 1.29 is 47.9 Å². The molecule has 6 aromatic rings. The van der Waals surface area contributed by atoms with E-state index in [-0.39, 0.29) is 91.2 Å². The summed E-state index contributed by atoms with van der Waals surface area (Å²) in [6.07, 6.45) is 9.08. The van der Waals surface area contributed by atoms with E-state index in [0.717, 1.165) is 105 Å². The molecule has 0 radical (unpaired) electrons. The van der Waals surface area contributed by atoms with Crippen molar-refractivity contribution in [2.45, 2.75) is 190 Å². The van der Waals surface area contributed by atoms with Crippen LogP contribution in [0.2, 0.25) is 0 Å². The highest BCUT2D eigenvalue weighted by atomic mass is 16.5. The third-order valence-electron chi connectivity index (χ3n) is 17.3. The largest absolute Gasteiger partial charge is 0.372 e. The zero-order valence-corrected chi connectivity index (χ0v) is 57.6. The molecular formula is C79H102N8O10. The average Bonchev–Trinajstić information content (AvgIpc) is 2.01. The first-order valence-corrected chi connectivity index (χ1v) is 34.5. The van der Waals surface area contributed by atoms with Gasteiger partial charge in [-0.2, -0.15) is 0 Å². The molecule has 0 bridgehead atoms. The highest BCUT2D eigenvalue weighted by Crippen LogP contribution is 2.49. The Kier molecular flexibility index (Phi) is 30.4. The second-order valence-corrected chi connectivity index (χ2v) is 24.8. The second-order valence-electron chi connectivity index (χ2n) is 24.8. The molecule has 6 aromatic carbocycles. The van der Waals surface area contributed by atoms with Gasteiger partial charge < -0.3 is 47.3 Å². The SMILES string of the molecule is C.CCCCC(=O)c1cccc2c1-c1ccc(NC(=O)CCCC(=O)NCCC)cc1C2C.CCCNC(=O)CCCC(=O)Nc1ccc2c(c1)C(C)c1cc(NC(=O)CCCC(=O)NCC)ccc1-2.CCCOCC(=O)Nc1ccc2c(c1)C(C)c1cc(NC(=O)CC)ccc1-2. The minimum atomic E-state index is -0.142. The summed E-state index contributed by atoms with van der Waals surface area (Å²) in [7, 11) is 0. The first-order valence-electron chi connectivity index (χ1n) is 34.5. The van der Waals surface area contributed by atoms with Crippen LogP contribution in [0.4, 0.5) is 28.4 Å². The maximum Gasteiger partial charge on any atom is 0.250 e. The second kappa shape index (κ2) is 38.5. The molecule has 8 N–H and O–H groups in total. The predicted octanol–water partition coefficient (Wildman–Crippen LogP) is 15.7. The number of ether oxygens (including phenoxy) is 1. The molecule has 3 atom stereocenters. The normalized spacial score (nSPS) is 13.7. The van der Waals surface area contributed by atoms with Crippen LogP contribution < -0.4 is 42.5 Å². The molecule has 3 unspecified atom stereocenters. The van der Waals surface area contributed by atoms with Gasteiger partial charge >= 0.3 is 0 Å². The summed E-state index contributed by atoms with van der Waals surface area (Å²) < 4.78 is 5.29. The molecule has 0 saturated carbocycles. The Hall–Kier alpha value is -9.29. The molecule has 0 heterocycles. The van der Waals surface area contributed by atoms with Crippen molar-refractivity contribution in [3.8, 4) is 33.4 Å². The number of benzene rings is 6. The highest BCUT2D eigenvalue weighted by molar-refractivity contribution is 6.05. The average molecular weight is 1320 g/mol. The van der Waals surface area contributed by atoms with Crippen LogP contribution in [0.3, 0.4) is 0 Å². The number of hydrogen-bond donors (Lipinski definition) is 8. The molecule has 18 nitrogen and oxygen atoms in total. The van der Waals surface area contributed by atoms with Gasteiger partial charge in [-0.25, -0.2) is 0 Å². The Labute approximate surface area is 573 Å². The van der Waals surface area contributed by atoms with E-state index in [1.807, 2.05) is 132 Å². The first kappa shape index (κ1) is 76.7. The van der Waals surface area contributed by atoms with Crippen LogP contribution in [-0.4, -0.2) is 85.9 Å². The minimum Gasteiger partial charge on any atom is -0.372 e. The number of anilines is 5. The number of Topliss-reactive ketones (excluding diaryl/α,β-unsaturated/α-hetero) is 1. The Bertz CT molecular complexity index is 3770. The summed E-state index contributed by atoms with van der Waals surface area (Å²) >= 11 is 0. The Morgan fingerprint density at radius 1 is 0.361 bits per heavy atom. The molecule has 18 heteroatoms. The first-order chi connectivity index (χ1) is 46.3. The van der Waals surface area contributed by atoms with Crippen molar-refractivity contribution in [1.29, 1.82) is 0 Å². The molecule has 9 rings (SSSR count). The van der Waals surface area contributed by atoms with Gasteiger partial charge in [0.25, 0.3) is 0 Å². The molecule has 0 aromatic heterocycles. The smallest absolute Gasteiger partial charge is 0.250 e. The van der Waals surface area contributed by atoms with Crippen LogP contribution in [0.5, 0.6) is 0 Å². The maximum atomic E-state index is 12.8. The quantitative estimate of drug-likeness (QED) is 0.0151. The molecule has 97 heavy (non-hydrogen) atoms. The van der Waals surface area contributed by atoms with Crippen molar-refractivity contribution in [1.82, 2.24) is 16.0 Å². The lowest BCUT2D eigenvalue weighted by Crippen LogP contribution is -2.24. The van der Waals surface area contributed by atoms with Gasteiger partial charge in [-0.1, -0.05) is 118 Å². The number of unbranched alkanes of at least 4 members (excludes halogenated alkanes) is 1. The monoisotopic (exact) mass is 1320 g/mol. The predicted molar refractivity (Wildman–Crippen MR) is 390 cm³/mol. The molecule has 8 amide bonds. The third kappa shape index (κ3) is 21.6. The Morgan fingerprint density at radius 3 is 1.10 bits per heavy atom. The molecule has 0 aliphatic heterocycles. The van der Waals surface area contributed by atoms with Gasteiger partial charge in [0.05, 0.1) is 0 Å². The van der Waals surface area contributed by atoms with E-state index >= 15 is 0 Å². The van der Waals surface area contributed by atoms with E-state index in [2.05, 4.69) is 82.4 Å². The van der Waals surface area contributed by atoms with E-state index in [1.54, 1.807) is 0 Å². The molecule has 0 saturated heterocycles. The number of carbonyl (C=O) groups excluding carboxylic acids is 9. The fourth-order valence-electron chi connectivity index (χ4n) is 12.3. The standard InChI is InChI=1S/C29H38N4O4.C27H34N2O3.C22H26N2O3.CH4/c1-4-16-31-27(35)9-7-11-29(37)33-21-13-15-23-22-14-12-20(17-24(22)19(3)25(23)18-21)32-28(36)10-6-8-26(34)30-5-2;1-4-6-11-24(30)22-10-7-9-20-18(3)23-17-19(14-15-21(23)27(20)22)29-26(32)13-8-12-25(31)28-16-5-2;1-4-10-27-13-22(26)24-16-7-9-18-17-8-6-15(23-21(25)5-2)11-19(17)14(3)20(18)12-16;/h12-15,17-19H,4-11,16H2,1-3H3,(H,30,34)(H,31,35)(H,32,36)(H,33,37);7,9-10,14-15,17-18H,4-6,8,11-13,16H2,1-3H3,(H,28,31)(H,29,32);6-9,11-12,14H,4-5,10,13H2,1-3H3,(H,23,25)(H,24,26);1H4. The molecule has 518 valence electrons. The summed E-state index contributed by atoms with van der Waals surface area (Å²) in [6, 6.07) is 35.8. The summed E-state index contributed by atoms with van der Waals surface area (Å²) in [5, 5.41) is 23.1. The number of carbonyl (C=O) groups is 9. The fraction of sp³-hybridized carbons (Fsp3) is 0.430. The Balaban J connectivity index is 0.000000231. The summed E-state index contributed by atoms with van der Waals surface area (Å²) in [6.45, 7) is 20.8. The van der Waals surface area contributed by atoms with Gasteiger partial charge in [-0.15, -0.1) is 0 Å². The van der Waals surface area contributed by atoms with Gasteiger partial charge in [0, 0.05) is 129 Å². The van der Waals surface area contributed by atoms with E-state index < -0.39 is 0 Å². The maximum absolute atomic E-state index is 12.8. The molecule has 3 aliphatic rings. The van der Waals surface area contributed by atoms with Crippen LogP contribution in [-0.2, 0) is 43.1 Å². The summed E-state index contributed by atoms with van der Waals surface area (Å²) in [5.41, 5.74) is 18.3. The van der Waals surface area contributed by atoms with Crippen LogP contribution in [0.1, 0.15) is 234 Å². The molecule has 3 aliphatic carbocycles. The fourth-order valence-corrected chi connectivity index (χ4v) is 12.3. The number of hydrogen-bond acceptors (Lipinski definition) is 10. The lowest BCUT2D eigenvalue weighted by Gasteiger charge is -2.11. The Morgan fingerprint density at radius 2 is 0.722 bits per heavy atom. The van der Waals surface area contributed by atoms with Gasteiger partial charge in [-0.3, -0.25) is 43.2 Å². The molecule has 0 spiro atoms. The lowest BCUT2D eigenvalue weighted by atomic mass is 9.94. The van der Waals surface area contributed by atoms with E-state index in [4.69, 9.17) is 4.74 Å². The van der Waals surface area contributed by atoms with Crippen LogP contribution in [0, 0.1) is 0 Å². The molecule has 0 fully saturated rings. The van der Waals surface area contributed by atoms with E-state index in [1.165, 1.54) is 27.8 Å². The minimum absolute atomic E-state index is 0. The topological polar surface area (TPSA) is 259 Å². The third-order valence-corrected chi connectivity index (χ3v) is 17.3. The van der Waals surface area contributed by atoms with Gasteiger partial charge in [0.2, 0.25) is 47.3 Å². The highest BCUT2D eigenvalue weighted by Gasteiger charge is 2.31. The number of ketones is 1. The van der Waals surface area contributed by atoms with Crippen molar-refractivity contribution >= 4 is 81.5 Å². The number of nitrogens with one attached hydrogen (secondary N) is 8. The zero-order valence-electron chi connectivity index (χ0n) is 57.6. The van der Waals surface area contributed by atoms with Gasteiger partial charge in [0.15, 0.2) is 5.78 Å².